The van der Waals surface area contributed by atoms with E-state index in [0.717, 1.165) is 48.8 Å². The van der Waals surface area contributed by atoms with Crippen LogP contribution >= 0.6 is 12.4 Å². The average molecular weight is 387 g/mol. The summed E-state index contributed by atoms with van der Waals surface area (Å²) in [5, 5.41) is 17.1. The number of ether oxygens (including phenoxy) is 1. The zero-order valence-corrected chi connectivity index (χ0v) is 15.9. The van der Waals surface area contributed by atoms with E-state index in [1.165, 1.54) is 5.56 Å². The number of hydrogen-bond acceptors (Lipinski definition) is 5. The molecule has 0 aliphatic carbocycles. The zero-order chi connectivity index (χ0) is 17.9. The van der Waals surface area contributed by atoms with E-state index in [9.17, 15) is 5.11 Å². The van der Waals surface area contributed by atoms with E-state index in [0.29, 0.717) is 5.82 Å². The zero-order valence-electron chi connectivity index (χ0n) is 15.1. The Morgan fingerprint density at radius 1 is 1.19 bits per heavy atom. The second-order valence-corrected chi connectivity index (χ2v) is 6.61. The minimum absolute atomic E-state index is 0. The molecule has 4 rings (SSSR count). The first-order valence-electron chi connectivity index (χ1n) is 8.78. The molecule has 1 aliphatic heterocycles. The van der Waals surface area contributed by atoms with Crippen LogP contribution < -0.4 is 4.74 Å². The first-order valence-corrected chi connectivity index (χ1v) is 8.78. The van der Waals surface area contributed by atoms with Crippen LogP contribution in [0, 0.1) is 0 Å². The van der Waals surface area contributed by atoms with E-state index in [1.54, 1.807) is 7.11 Å². The van der Waals surface area contributed by atoms with Crippen molar-refractivity contribution in [3.63, 3.8) is 0 Å². The summed E-state index contributed by atoms with van der Waals surface area (Å²) in [4.78, 5) is 6.90. The fraction of sp³-hybridized carbons (Fsp3) is 0.300. The molecule has 2 N–H and O–H groups in total. The van der Waals surface area contributed by atoms with Crippen molar-refractivity contribution in [1.82, 2.24) is 20.1 Å². The van der Waals surface area contributed by atoms with Gasteiger partial charge >= 0.3 is 0 Å². The number of methoxy groups -OCH3 is 1. The Kier molecular flexibility index (Phi) is 6.11. The van der Waals surface area contributed by atoms with Gasteiger partial charge in [0.25, 0.3) is 0 Å². The van der Waals surface area contributed by atoms with Crippen molar-refractivity contribution in [2.24, 2.45) is 0 Å². The van der Waals surface area contributed by atoms with Crippen molar-refractivity contribution in [2.75, 3.05) is 20.2 Å². The van der Waals surface area contributed by atoms with Gasteiger partial charge in [-0.1, -0.05) is 18.2 Å². The number of nitrogens with one attached hydrogen (secondary N) is 1. The molecule has 1 aromatic heterocycles. The summed E-state index contributed by atoms with van der Waals surface area (Å²) in [6, 6.07) is 16.0. The fourth-order valence-corrected chi connectivity index (χ4v) is 3.29. The number of aromatic nitrogens is 3. The van der Waals surface area contributed by atoms with Gasteiger partial charge in [-0.05, 0) is 42.3 Å². The van der Waals surface area contributed by atoms with Crippen LogP contribution in [0.5, 0.6) is 5.75 Å². The van der Waals surface area contributed by atoms with Crippen molar-refractivity contribution < 1.29 is 9.84 Å². The van der Waals surface area contributed by atoms with Crippen LogP contribution in [0.4, 0.5) is 0 Å². The third-order valence-corrected chi connectivity index (χ3v) is 4.69. The smallest absolute Gasteiger partial charge is 0.181 e. The Morgan fingerprint density at radius 3 is 2.70 bits per heavy atom. The van der Waals surface area contributed by atoms with Crippen LogP contribution in [-0.2, 0) is 6.54 Å². The summed E-state index contributed by atoms with van der Waals surface area (Å²) in [6.07, 6.45) is 0.657. The maximum absolute atomic E-state index is 9.68. The highest BCUT2D eigenvalue weighted by atomic mass is 35.5. The van der Waals surface area contributed by atoms with Gasteiger partial charge in [-0.25, -0.2) is 4.98 Å². The topological polar surface area (TPSA) is 74.3 Å². The summed E-state index contributed by atoms with van der Waals surface area (Å²) < 4.78 is 5.19. The highest BCUT2D eigenvalue weighted by Gasteiger charge is 2.20. The Morgan fingerprint density at radius 2 is 2.00 bits per heavy atom. The van der Waals surface area contributed by atoms with Gasteiger partial charge in [-0.2, -0.15) is 5.10 Å². The second kappa shape index (κ2) is 8.52. The molecule has 1 saturated heterocycles. The molecule has 142 valence electrons. The highest BCUT2D eigenvalue weighted by molar-refractivity contribution is 5.85. The van der Waals surface area contributed by atoms with Crippen molar-refractivity contribution in [3.8, 4) is 28.5 Å². The summed E-state index contributed by atoms with van der Waals surface area (Å²) in [5.74, 6) is 2.23. The molecule has 1 atom stereocenters. The molecule has 2 aromatic carbocycles. The molecule has 1 unspecified atom stereocenters. The quantitative estimate of drug-likeness (QED) is 0.704. The second-order valence-electron chi connectivity index (χ2n) is 6.61. The number of aromatic amines is 1. The SMILES string of the molecule is COc1ccc(-c2nc(-c3cccc(CN4CCC(O)C4)c3)n[nH]2)cc1.Cl. The van der Waals surface area contributed by atoms with Gasteiger partial charge in [0.2, 0.25) is 0 Å². The lowest BCUT2D eigenvalue weighted by Crippen LogP contribution is -2.21. The Labute approximate surface area is 164 Å². The molecule has 0 bridgehead atoms. The van der Waals surface area contributed by atoms with Crippen molar-refractivity contribution in [3.05, 3.63) is 54.1 Å². The van der Waals surface area contributed by atoms with Gasteiger partial charge < -0.3 is 9.84 Å². The molecular formula is C20H23ClN4O2. The van der Waals surface area contributed by atoms with Crippen LogP contribution in [-0.4, -0.2) is 51.5 Å². The number of aliphatic hydroxyl groups is 1. The molecule has 0 saturated carbocycles. The minimum atomic E-state index is -0.196. The third kappa shape index (κ3) is 4.47. The number of rotatable bonds is 5. The summed E-state index contributed by atoms with van der Waals surface area (Å²) in [7, 11) is 1.65. The molecule has 0 radical (unpaired) electrons. The molecule has 0 spiro atoms. The fourth-order valence-electron chi connectivity index (χ4n) is 3.29. The number of H-pyrrole nitrogens is 1. The van der Waals surface area contributed by atoms with E-state index in [2.05, 4.69) is 32.2 Å². The number of nitrogens with zero attached hydrogens (tertiary/aromatic N) is 3. The lowest BCUT2D eigenvalue weighted by atomic mass is 10.1. The van der Waals surface area contributed by atoms with Gasteiger partial charge in [0.15, 0.2) is 11.6 Å². The normalized spacial score (nSPS) is 16.9. The molecule has 3 aromatic rings. The standard InChI is InChI=1S/C20H22N4O2.ClH/c1-26-18-7-5-15(6-8-18)19-21-20(23-22-19)16-4-2-3-14(11-16)12-24-10-9-17(25)13-24;/h2-8,11,17,25H,9-10,12-13H2,1H3,(H,21,22,23);1H. The lowest BCUT2D eigenvalue weighted by Gasteiger charge is -2.15. The number of hydrogen-bond donors (Lipinski definition) is 2. The Bertz CT molecular complexity index is 882. The van der Waals surface area contributed by atoms with Gasteiger partial charge in [-0.15, -0.1) is 12.4 Å². The average Bonchev–Trinajstić information content (AvgIpc) is 3.31. The molecule has 2 heterocycles. The predicted octanol–water partition coefficient (Wildman–Crippen LogP) is 3.14. The number of likely N-dealkylation sites (tertiary alicyclic amines) is 1. The van der Waals surface area contributed by atoms with E-state index in [1.807, 2.05) is 36.4 Å². The van der Waals surface area contributed by atoms with E-state index in [-0.39, 0.29) is 18.5 Å². The summed E-state index contributed by atoms with van der Waals surface area (Å²) in [6.45, 7) is 2.51. The maximum Gasteiger partial charge on any atom is 0.181 e. The monoisotopic (exact) mass is 386 g/mol. The number of β-amino-alcohol motifs (C(OH)–C–C–N with tert-alkyl or cyclic N) is 1. The Hall–Kier alpha value is -2.41. The third-order valence-electron chi connectivity index (χ3n) is 4.69. The van der Waals surface area contributed by atoms with E-state index >= 15 is 0 Å². The predicted molar refractivity (Wildman–Crippen MR) is 107 cm³/mol. The van der Waals surface area contributed by atoms with Crippen LogP contribution in [0.3, 0.4) is 0 Å². The highest BCUT2D eigenvalue weighted by Crippen LogP contribution is 2.23. The molecule has 0 amide bonds. The van der Waals surface area contributed by atoms with Crippen molar-refractivity contribution >= 4 is 12.4 Å². The van der Waals surface area contributed by atoms with Crippen molar-refractivity contribution in [2.45, 2.75) is 19.1 Å². The Balaban J connectivity index is 0.00000210. The first-order chi connectivity index (χ1) is 12.7. The number of halogens is 1. The molecule has 6 nitrogen and oxygen atoms in total. The van der Waals surface area contributed by atoms with Gasteiger partial charge in [0.1, 0.15) is 5.75 Å². The molecule has 1 fully saturated rings. The van der Waals surface area contributed by atoms with Gasteiger partial charge in [0, 0.05) is 30.8 Å². The summed E-state index contributed by atoms with van der Waals surface area (Å²) >= 11 is 0. The molecular weight excluding hydrogens is 364 g/mol. The van der Waals surface area contributed by atoms with Crippen LogP contribution in [0.1, 0.15) is 12.0 Å². The molecule has 27 heavy (non-hydrogen) atoms. The first kappa shape index (κ1) is 19.4. The minimum Gasteiger partial charge on any atom is -0.497 e. The van der Waals surface area contributed by atoms with Crippen LogP contribution in [0.2, 0.25) is 0 Å². The largest absolute Gasteiger partial charge is 0.497 e. The molecule has 1 aliphatic rings. The lowest BCUT2D eigenvalue weighted by molar-refractivity contribution is 0.175. The van der Waals surface area contributed by atoms with Gasteiger partial charge in [-0.3, -0.25) is 10.00 Å². The number of benzene rings is 2. The maximum atomic E-state index is 9.68. The van der Waals surface area contributed by atoms with Crippen molar-refractivity contribution in [1.29, 1.82) is 0 Å². The van der Waals surface area contributed by atoms with Crippen LogP contribution in [0.15, 0.2) is 48.5 Å². The summed E-state index contributed by atoms with van der Waals surface area (Å²) in [5.41, 5.74) is 3.15. The van der Waals surface area contributed by atoms with Gasteiger partial charge in [0.05, 0.1) is 13.2 Å². The van der Waals surface area contributed by atoms with E-state index in [4.69, 9.17) is 4.74 Å². The van der Waals surface area contributed by atoms with Crippen LogP contribution in [0.25, 0.3) is 22.8 Å². The molecule has 7 heteroatoms. The van der Waals surface area contributed by atoms with E-state index < -0.39 is 0 Å². The number of aliphatic hydroxyl groups excluding tert-OH is 1.